The number of benzene rings is 3. The maximum absolute atomic E-state index is 11.2. The van der Waals surface area contributed by atoms with E-state index < -0.39 is 0 Å². The summed E-state index contributed by atoms with van der Waals surface area (Å²) in [5.74, 6) is -0.0613. The minimum atomic E-state index is -0.0613. The van der Waals surface area contributed by atoms with Gasteiger partial charge in [-0.05, 0) is 106 Å². The largest absolute Gasteiger partial charge is 0.326 e. The molecule has 25 heavy (non-hydrogen) atoms. The van der Waals surface area contributed by atoms with E-state index in [1.807, 2.05) is 24.3 Å². The van der Waals surface area contributed by atoms with Crippen molar-refractivity contribution in [1.82, 2.24) is 4.57 Å². The van der Waals surface area contributed by atoms with E-state index in [0.717, 1.165) is 11.4 Å². The minimum Gasteiger partial charge on any atom is -0.326 e. The molecule has 0 saturated heterocycles. The molecule has 4 rings (SSSR count). The Morgan fingerprint density at radius 1 is 0.840 bits per heavy atom. The molecule has 0 aliphatic rings. The van der Waals surface area contributed by atoms with Crippen LogP contribution in [0, 0.1) is 7.14 Å². The number of halogens is 2. The fourth-order valence-corrected chi connectivity index (χ4v) is 4.13. The fourth-order valence-electron chi connectivity index (χ4n) is 3.14. The van der Waals surface area contributed by atoms with Crippen molar-refractivity contribution < 1.29 is 4.79 Å². The van der Waals surface area contributed by atoms with Crippen molar-refractivity contribution in [3.63, 3.8) is 0 Å². The van der Waals surface area contributed by atoms with Gasteiger partial charge in [0.25, 0.3) is 0 Å². The molecule has 0 spiro atoms. The molecule has 1 heterocycles. The zero-order valence-electron chi connectivity index (χ0n) is 13.4. The Kier molecular flexibility index (Phi) is 4.45. The average molecular weight is 552 g/mol. The van der Waals surface area contributed by atoms with E-state index in [4.69, 9.17) is 0 Å². The number of fused-ring (bicyclic) bond motifs is 3. The van der Waals surface area contributed by atoms with E-state index in [-0.39, 0.29) is 5.91 Å². The number of aromatic nitrogens is 1. The molecule has 0 unspecified atom stereocenters. The molecule has 1 N–H and O–H groups in total. The molecule has 0 radical (unpaired) electrons. The lowest BCUT2D eigenvalue weighted by Gasteiger charge is -2.09. The minimum absolute atomic E-state index is 0.0613. The summed E-state index contributed by atoms with van der Waals surface area (Å²) in [6.45, 7) is 1.52. The van der Waals surface area contributed by atoms with Gasteiger partial charge in [-0.3, -0.25) is 4.79 Å². The second-order valence-corrected chi connectivity index (χ2v) is 8.38. The molecule has 3 aromatic carbocycles. The molecule has 0 saturated carbocycles. The lowest BCUT2D eigenvalue weighted by atomic mass is 10.2. The van der Waals surface area contributed by atoms with E-state index in [1.165, 1.54) is 35.9 Å². The first-order valence-corrected chi connectivity index (χ1v) is 9.96. The van der Waals surface area contributed by atoms with Crippen LogP contribution in [-0.4, -0.2) is 10.5 Å². The SMILES string of the molecule is CC(=O)Nc1ccc(-n2c3ccc(I)cc3c3cc(I)ccc32)cc1. The van der Waals surface area contributed by atoms with Crippen LogP contribution in [0.3, 0.4) is 0 Å². The van der Waals surface area contributed by atoms with Crippen molar-refractivity contribution in [3.8, 4) is 5.69 Å². The van der Waals surface area contributed by atoms with Gasteiger partial charge in [-0.1, -0.05) is 0 Å². The maximum Gasteiger partial charge on any atom is 0.221 e. The molecular formula is C20H14I2N2O. The second kappa shape index (κ2) is 6.60. The molecule has 0 bridgehead atoms. The number of nitrogens with one attached hydrogen (secondary N) is 1. The Bertz CT molecular complexity index is 1050. The van der Waals surface area contributed by atoms with Gasteiger partial charge < -0.3 is 9.88 Å². The molecule has 0 fully saturated rings. The van der Waals surface area contributed by atoms with Gasteiger partial charge in [0.15, 0.2) is 0 Å². The molecule has 1 amide bonds. The molecule has 0 atom stereocenters. The summed E-state index contributed by atoms with van der Waals surface area (Å²) >= 11 is 4.71. The average Bonchev–Trinajstić information content (AvgIpc) is 2.88. The second-order valence-electron chi connectivity index (χ2n) is 5.89. The number of carbonyl (C=O) groups excluding carboxylic acids is 1. The third-order valence-electron chi connectivity index (χ3n) is 4.14. The maximum atomic E-state index is 11.2. The predicted molar refractivity (Wildman–Crippen MR) is 121 cm³/mol. The van der Waals surface area contributed by atoms with Crippen LogP contribution >= 0.6 is 45.2 Å². The number of amides is 1. The fraction of sp³-hybridized carbons (Fsp3) is 0.0500. The smallest absolute Gasteiger partial charge is 0.221 e. The molecular weight excluding hydrogens is 538 g/mol. The molecule has 3 nitrogen and oxygen atoms in total. The van der Waals surface area contributed by atoms with Crippen LogP contribution < -0.4 is 5.32 Å². The van der Waals surface area contributed by atoms with Gasteiger partial charge in [0.2, 0.25) is 5.91 Å². The third kappa shape index (κ3) is 3.15. The van der Waals surface area contributed by atoms with Gasteiger partial charge in [0.1, 0.15) is 0 Å². The van der Waals surface area contributed by atoms with Gasteiger partial charge in [0.05, 0.1) is 11.0 Å². The highest BCUT2D eigenvalue weighted by atomic mass is 127. The molecule has 0 aliphatic carbocycles. The molecule has 124 valence electrons. The summed E-state index contributed by atoms with van der Waals surface area (Å²) in [4.78, 5) is 11.2. The predicted octanol–water partition coefficient (Wildman–Crippen LogP) is 5.95. The van der Waals surface area contributed by atoms with Crippen LogP contribution in [0.2, 0.25) is 0 Å². The first-order chi connectivity index (χ1) is 12.0. The van der Waals surface area contributed by atoms with Crippen LogP contribution in [0.1, 0.15) is 6.92 Å². The number of rotatable bonds is 2. The van der Waals surface area contributed by atoms with Crippen LogP contribution in [0.4, 0.5) is 5.69 Å². The Hall–Kier alpha value is -1.61. The van der Waals surface area contributed by atoms with E-state index >= 15 is 0 Å². The van der Waals surface area contributed by atoms with Crippen LogP contribution in [-0.2, 0) is 4.79 Å². The molecule has 5 heteroatoms. The normalized spacial score (nSPS) is 11.2. The van der Waals surface area contributed by atoms with Gasteiger partial charge in [-0.15, -0.1) is 0 Å². The Morgan fingerprint density at radius 2 is 1.36 bits per heavy atom. The lowest BCUT2D eigenvalue weighted by molar-refractivity contribution is -0.114. The number of anilines is 1. The van der Waals surface area contributed by atoms with Crippen molar-refractivity contribution in [3.05, 3.63) is 67.8 Å². The van der Waals surface area contributed by atoms with E-state index in [9.17, 15) is 4.79 Å². The van der Waals surface area contributed by atoms with Crippen molar-refractivity contribution in [1.29, 1.82) is 0 Å². The number of carbonyl (C=O) groups is 1. The Balaban J connectivity index is 1.98. The van der Waals surface area contributed by atoms with Crippen molar-refractivity contribution in [2.75, 3.05) is 5.32 Å². The standard InChI is InChI=1S/C20H14I2N2O/c1-12(25)23-15-4-6-16(7-5-15)24-19-8-2-13(21)10-17(19)18-11-14(22)3-9-20(18)24/h2-11H,1H3,(H,23,25). The van der Waals surface area contributed by atoms with Crippen LogP contribution in [0.25, 0.3) is 27.5 Å². The summed E-state index contributed by atoms with van der Waals surface area (Å²) in [6, 6.07) is 21.0. The first kappa shape index (κ1) is 16.8. The van der Waals surface area contributed by atoms with Gasteiger partial charge in [-0.2, -0.15) is 0 Å². The first-order valence-electron chi connectivity index (χ1n) is 7.80. The van der Waals surface area contributed by atoms with Crippen LogP contribution in [0.15, 0.2) is 60.7 Å². The van der Waals surface area contributed by atoms with Crippen molar-refractivity contribution in [2.45, 2.75) is 6.92 Å². The van der Waals surface area contributed by atoms with E-state index in [1.54, 1.807) is 0 Å². The summed E-state index contributed by atoms with van der Waals surface area (Å²) in [7, 11) is 0. The summed E-state index contributed by atoms with van der Waals surface area (Å²) in [5.41, 5.74) is 4.26. The third-order valence-corrected chi connectivity index (χ3v) is 5.48. The topological polar surface area (TPSA) is 34.0 Å². The Morgan fingerprint density at radius 3 is 1.84 bits per heavy atom. The van der Waals surface area contributed by atoms with Crippen molar-refractivity contribution >= 4 is 78.6 Å². The van der Waals surface area contributed by atoms with E-state index in [2.05, 4.69) is 91.5 Å². The number of hydrogen-bond donors (Lipinski definition) is 1. The summed E-state index contributed by atoms with van der Waals surface area (Å²) in [5, 5.41) is 5.33. The number of nitrogens with zero attached hydrogens (tertiary/aromatic N) is 1. The molecule has 0 aliphatic heterocycles. The highest BCUT2D eigenvalue weighted by Gasteiger charge is 2.13. The number of hydrogen-bond acceptors (Lipinski definition) is 1. The Labute approximate surface area is 172 Å². The highest BCUT2D eigenvalue weighted by Crippen LogP contribution is 2.34. The van der Waals surface area contributed by atoms with Gasteiger partial charge in [0, 0.05) is 36.2 Å². The van der Waals surface area contributed by atoms with E-state index in [0.29, 0.717) is 0 Å². The summed E-state index contributed by atoms with van der Waals surface area (Å²) < 4.78 is 4.72. The van der Waals surface area contributed by atoms with Crippen molar-refractivity contribution in [2.24, 2.45) is 0 Å². The monoisotopic (exact) mass is 552 g/mol. The lowest BCUT2D eigenvalue weighted by Crippen LogP contribution is -2.05. The highest BCUT2D eigenvalue weighted by molar-refractivity contribution is 14.1. The van der Waals surface area contributed by atoms with Gasteiger partial charge >= 0.3 is 0 Å². The summed E-state index contributed by atoms with van der Waals surface area (Å²) in [6.07, 6.45) is 0. The van der Waals surface area contributed by atoms with Crippen LogP contribution in [0.5, 0.6) is 0 Å². The molecule has 4 aromatic rings. The quantitative estimate of drug-likeness (QED) is 0.307. The molecule has 1 aromatic heterocycles. The zero-order valence-corrected chi connectivity index (χ0v) is 17.7. The van der Waals surface area contributed by atoms with Gasteiger partial charge in [-0.25, -0.2) is 0 Å². The zero-order chi connectivity index (χ0) is 17.6.